The minimum Gasteiger partial charge on any atom is -0.396 e. The van der Waals surface area contributed by atoms with Gasteiger partial charge in [0.1, 0.15) is 5.82 Å². The van der Waals surface area contributed by atoms with E-state index in [9.17, 15) is 4.39 Å². The van der Waals surface area contributed by atoms with E-state index >= 15 is 0 Å². The first-order chi connectivity index (χ1) is 9.63. The van der Waals surface area contributed by atoms with Crippen LogP contribution in [0.2, 0.25) is 0 Å². The van der Waals surface area contributed by atoms with Crippen LogP contribution in [0.3, 0.4) is 0 Å². The van der Waals surface area contributed by atoms with Crippen LogP contribution in [0.1, 0.15) is 44.2 Å². The third-order valence-corrected chi connectivity index (χ3v) is 4.18. The fourth-order valence-corrected chi connectivity index (χ4v) is 3.32. The summed E-state index contributed by atoms with van der Waals surface area (Å²) in [5.74, 6) is -0.213. The van der Waals surface area contributed by atoms with Crippen LogP contribution < -0.4 is 5.73 Å². The van der Waals surface area contributed by atoms with Crippen LogP contribution in [0.5, 0.6) is 0 Å². The van der Waals surface area contributed by atoms with E-state index in [0.717, 1.165) is 31.4 Å². The van der Waals surface area contributed by atoms with Crippen molar-refractivity contribution in [1.29, 1.82) is 0 Å². The maximum atomic E-state index is 13.1. The van der Waals surface area contributed by atoms with Gasteiger partial charge in [0.25, 0.3) is 0 Å². The molecule has 3 N–H and O–H groups in total. The van der Waals surface area contributed by atoms with E-state index in [0.29, 0.717) is 6.04 Å². The Balaban J connectivity index is 2.17. The highest BCUT2D eigenvalue weighted by Gasteiger charge is 2.33. The fraction of sp³-hybridized carbons (Fsp3) is 0.625. The topological polar surface area (TPSA) is 49.5 Å². The first kappa shape index (κ1) is 15.4. The molecule has 0 aromatic heterocycles. The molecule has 0 aliphatic carbocycles. The molecule has 3 nitrogen and oxygen atoms in total. The highest BCUT2D eigenvalue weighted by Crippen LogP contribution is 2.33. The Bertz CT molecular complexity index is 407. The normalized spacial score (nSPS) is 22.9. The lowest BCUT2D eigenvalue weighted by Crippen LogP contribution is -2.42. The molecular weight excluding hydrogens is 255 g/mol. The molecular formula is C16H25FN2O. The molecule has 1 fully saturated rings. The molecule has 1 aromatic rings. The van der Waals surface area contributed by atoms with E-state index in [2.05, 4.69) is 4.90 Å². The maximum Gasteiger partial charge on any atom is 0.123 e. The number of aliphatic hydroxyl groups is 1. The van der Waals surface area contributed by atoms with Gasteiger partial charge in [0.15, 0.2) is 0 Å². The van der Waals surface area contributed by atoms with Gasteiger partial charge in [-0.15, -0.1) is 0 Å². The first-order valence-corrected chi connectivity index (χ1v) is 7.51. The average Bonchev–Trinajstić information content (AvgIpc) is 2.86. The fourth-order valence-electron chi connectivity index (χ4n) is 3.32. The number of rotatable bonds is 6. The van der Waals surface area contributed by atoms with E-state index < -0.39 is 0 Å². The zero-order valence-corrected chi connectivity index (χ0v) is 12.1. The molecule has 3 atom stereocenters. The predicted molar refractivity (Wildman–Crippen MR) is 78.8 cm³/mol. The summed E-state index contributed by atoms with van der Waals surface area (Å²) in [6, 6.07) is 7.28. The largest absolute Gasteiger partial charge is 0.396 e. The summed E-state index contributed by atoms with van der Waals surface area (Å²) in [5.41, 5.74) is 7.27. The Morgan fingerprint density at radius 2 is 2.10 bits per heavy atom. The lowest BCUT2D eigenvalue weighted by atomic mass is 9.97. The van der Waals surface area contributed by atoms with Crippen LogP contribution in [-0.4, -0.2) is 35.2 Å². The summed E-state index contributed by atoms with van der Waals surface area (Å²) < 4.78 is 13.1. The van der Waals surface area contributed by atoms with Crippen molar-refractivity contribution in [1.82, 2.24) is 4.90 Å². The summed E-state index contributed by atoms with van der Waals surface area (Å²) in [7, 11) is 0. The molecule has 112 valence electrons. The summed E-state index contributed by atoms with van der Waals surface area (Å²) in [5, 5.41) is 9.02. The number of aliphatic hydroxyl groups excluding tert-OH is 1. The van der Waals surface area contributed by atoms with Crippen LogP contribution in [0.15, 0.2) is 24.3 Å². The van der Waals surface area contributed by atoms with Gasteiger partial charge < -0.3 is 10.8 Å². The van der Waals surface area contributed by atoms with E-state index in [1.807, 2.05) is 19.1 Å². The van der Waals surface area contributed by atoms with Crippen molar-refractivity contribution in [3.8, 4) is 0 Å². The Labute approximate surface area is 120 Å². The molecule has 1 aromatic carbocycles. The summed E-state index contributed by atoms with van der Waals surface area (Å²) >= 11 is 0. The number of hydrogen-bond acceptors (Lipinski definition) is 3. The van der Waals surface area contributed by atoms with Gasteiger partial charge in [0.05, 0.1) is 0 Å². The molecule has 3 unspecified atom stereocenters. The quantitative estimate of drug-likeness (QED) is 0.841. The minimum atomic E-state index is -0.213. The van der Waals surface area contributed by atoms with E-state index in [1.54, 1.807) is 0 Å². The van der Waals surface area contributed by atoms with Gasteiger partial charge in [-0.25, -0.2) is 4.39 Å². The second-order valence-corrected chi connectivity index (χ2v) is 5.76. The van der Waals surface area contributed by atoms with Crippen molar-refractivity contribution >= 4 is 0 Å². The minimum absolute atomic E-state index is 0.00446. The number of nitrogens with two attached hydrogens (primary N) is 1. The van der Waals surface area contributed by atoms with Crippen molar-refractivity contribution in [3.63, 3.8) is 0 Å². The third-order valence-electron chi connectivity index (χ3n) is 4.18. The standard InChI is InChI=1S/C16H25FN2O/c1-12(18)16(13-6-8-14(17)9-7-13)19-10-2-4-15(19)5-3-11-20/h6-9,12,15-16,20H,2-5,10-11,18H2,1H3. The second-order valence-electron chi connectivity index (χ2n) is 5.76. The van der Waals surface area contributed by atoms with Crippen LogP contribution in [0, 0.1) is 5.82 Å². The van der Waals surface area contributed by atoms with Gasteiger partial charge in [-0.05, 0) is 56.8 Å². The van der Waals surface area contributed by atoms with Gasteiger partial charge in [-0.1, -0.05) is 12.1 Å². The molecule has 2 rings (SSSR count). The number of benzene rings is 1. The zero-order chi connectivity index (χ0) is 14.5. The molecule has 1 saturated heterocycles. The summed E-state index contributed by atoms with van der Waals surface area (Å²) in [6.07, 6.45) is 4.15. The number of hydrogen-bond donors (Lipinski definition) is 2. The summed E-state index contributed by atoms with van der Waals surface area (Å²) in [6.45, 7) is 3.28. The molecule has 4 heteroatoms. The molecule has 0 radical (unpaired) electrons. The van der Waals surface area contributed by atoms with Crippen molar-refractivity contribution in [2.75, 3.05) is 13.2 Å². The van der Waals surface area contributed by atoms with Gasteiger partial charge in [-0.3, -0.25) is 4.90 Å². The van der Waals surface area contributed by atoms with Crippen LogP contribution in [-0.2, 0) is 0 Å². The lowest BCUT2D eigenvalue weighted by molar-refractivity contribution is 0.145. The van der Waals surface area contributed by atoms with E-state index in [1.165, 1.54) is 18.6 Å². The second kappa shape index (κ2) is 7.16. The van der Waals surface area contributed by atoms with Crippen molar-refractivity contribution in [3.05, 3.63) is 35.6 Å². The molecule has 0 amide bonds. The summed E-state index contributed by atoms with van der Waals surface area (Å²) in [4.78, 5) is 2.44. The van der Waals surface area contributed by atoms with Crippen molar-refractivity contribution in [2.24, 2.45) is 5.73 Å². The van der Waals surface area contributed by atoms with Gasteiger partial charge in [0.2, 0.25) is 0 Å². The predicted octanol–water partition coefficient (Wildman–Crippen LogP) is 2.45. The Morgan fingerprint density at radius 1 is 1.40 bits per heavy atom. The van der Waals surface area contributed by atoms with Crippen molar-refractivity contribution in [2.45, 2.75) is 50.7 Å². The maximum absolute atomic E-state index is 13.1. The third kappa shape index (κ3) is 3.57. The van der Waals surface area contributed by atoms with Crippen molar-refractivity contribution < 1.29 is 9.50 Å². The number of nitrogens with zero attached hydrogens (tertiary/aromatic N) is 1. The van der Waals surface area contributed by atoms with Gasteiger partial charge >= 0.3 is 0 Å². The molecule has 1 aliphatic heterocycles. The lowest BCUT2D eigenvalue weighted by Gasteiger charge is -2.36. The Hall–Kier alpha value is -0.970. The van der Waals surface area contributed by atoms with E-state index in [-0.39, 0.29) is 24.5 Å². The Kier molecular flexibility index (Phi) is 5.52. The molecule has 0 spiro atoms. The number of halogens is 1. The zero-order valence-electron chi connectivity index (χ0n) is 12.1. The molecule has 20 heavy (non-hydrogen) atoms. The van der Waals surface area contributed by atoms with E-state index in [4.69, 9.17) is 10.8 Å². The van der Waals surface area contributed by atoms with Crippen LogP contribution in [0.25, 0.3) is 0 Å². The van der Waals surface area contributed by atoms with Crippen LogP contribution in [0.4, 0.5) is 4.39 Å². The molecule has 1 heterocycles. The average molecular weight is 280 g/mol. The van der Waals surface area contributed by atoms with Crippen LogP contribution >= 0.6 is 0 Å². The van der Waals surface area contributed by atoms with Gasteiger partial charge in [0, 0.05) is 24.7 Å². The SMILES string of the molecule is CC(N)C(c1ccc(F)cc1)N1CCCC1CCCO. The number of likely N-dealkylation sites (tertiary alicyclic amines) is 1. The molecule has 0 saturated carbocycles. The molecule has 0 bridgehead atoms. The first-order valence-electron chi connectivity index (χ1n) is 7.51. The Morgan fingerprint density at radius 3 is 2.70 bits per heavy atom. The molecule has 1 aliphatic rings. The monoisotopic (exact) mass is 280 g/mol. The highest BCUT2D eigenvalue weighted by atomic mass is 19.1. The highest BCUT2D eigenvalue weighted by molar-refractivity contribution is 5.22. The smallest absolute Gasteiger partial charge is 0.123 e. The van der Waals surface area contributed by atoms with Gasteiger partial charge in [-0.2, -0.15) is 0 Å².